The van der Waals surface area contributed by atoms with Crippen molar-refractivity contribution in [2.24, 2.45) is 4.99 Å². The Balaban J connectivity index is 1.90. The van der Waals surface area contributed by atoms with E-state index in [0.717, 1.165) is 17.6 Å². The molecule has 4 aromatic rings. The number of amides is 1. The Morgan fingerprint density at radius 3 is 2.74 bits per heavy atom. The van der Waals surface area contributed by atoms with Crippen molar-refractivity contribution in [1.82, 2.24) is 4.57 Å². The van der Waals surface area contributed by atoms with Crippen molar-refractivity contribution in [3.8, 4) is 0 Å². The topological polar surface area (TPSA) is 90.9 Å². The minimum Gasteiger partial charge on any atom is -0.465 e. The molecule has 0 atom stereocenters. The van der Waals surface area contributed by atoms with Gasteiger partial charge in [-0.25, -0.2) is 0 Å². The van der Waals surface area contributed by atoms with Gasteiger partial charge in [-0.3, -0.25) is 14.4 Å². The van der Waals surface area contributed by atoms with E-state index < -0.39 is 17.3 Å². The van der Waals surface area contributed by atoms with Gasteiger partial charge in [0.1, 0.15) is 24.0 Å². The molecule has 0 spiro atoms. The molecule has 0 N–H and O–H groups in total. The summed E-state index contributed by atoms with van der Waals surface area (Å²) in [7, 11) is 0. The van der Waals surface area contributed by atoms with E-state index in [1.165, 1.54) is 4.57 Å². The first-order valence-corrected chi connectivity index (χ1v) is 10.7. The van der Waals surface area contributed by atoms with Crippen LogP contribution < -0.4 is 10.2 Å². The predicted octanol–water partition coefficient (Wildman–Crippen LogP) is 4.42. The highest BCUT2D eigenvalue weighted by atomic mass is 35.5. The van der Waals surface area contributed by atoms with Crippen LogP contribution in [-0.4, -0.2) is 23.1 Å². The summed E-state index contributed by atoms with van der Waals surface area (Å²) in [6, 6.07) is 9.93. The molecule has 0 fully saturated rings. The Labute approximate surface area is 189 Å². The molecule has 7 nitrogen and oxygen atoms in total. The second-order valence-electron chi connectivity index (χ2n) is 6.38. The Hall–Kier alpha value is -2.94. The lowest BCUT2D eigenvalue weighted by molar-refractivity contribution is -0.143. The van der Waals surface area contributed by atoms with E-state index in [4.69, 9.17) is 32.4 Å². The number of aromatic nitrogens is 1. The molecule has 1 amide bonds. The van der Waals surface area contributed by atoms with Crippen molar-refractivity contribution in [2.75, 3.05) is 6.61 Å². The van der Waals surface area contributed by atoms with Crippen LogP contribution in [0.1, 0.15) is 17.3 Å². The standard InChI is InChI=1S/C21H14Cl2N2O5S/c1-2-29-16(26)9-25-18-15(8-7-13(22)17(18)23)31-21(25)24-20(28)12-10-30-14-6-4-3-5-11(14)19(12)27/h3-8,10H,2,9H2,1H3. The van der Waals surface area contributed by atoms with Crippen LogP contribution in [0.3, 0.4) is 0 Å². The Morgan fingerprint density at radius 2 is 1.97 bits per heavy atom. The molecule has 31 heavy (non-hydrogen) atoms. The van der Waals surface area contributed by atoms with Gasteiger partial charge in [0.2, 0.25) is 5.43 Å². The summed E-state index contributed by atoms with van der Waals surface area (Å²) in [6.45, 7) is 1.65. The Morgan fingerprint density at radius 1 is 1.19 bits per heavy atom. The van der Waals surface area contributed by atoms with E-state index in [0.29, 0.717) is 15.8 Å². The van der Waals surface area contributed by atoms with Gasteiger partial charge < -0.3 is 13.7 Å². The fourth-order valence-electron chi connectivity index (χ4n) is 3.04. The zero-order chi connectivity index (χ0) is 22.1. The highest BCUT2D eigenvalue weighted by Crippen LogP contribution is 2.32. The van der Waals surface area contributed by atoms with Crippen LogP contribution in [0.4, 0.5) is 0 Å². The first-order chi connectivity index (χ1) is 14.9. The lowest BCUT2D eigenvalue weighted by atomic mass is 10.2. The summed E-state index contributed by atoms with van der Waals surface area (Å²) in [4.78, 5) is 42.0. The average Bonchev–Trinajstić information content (AvgIpc) is 3.08. The molecular weight excluding hydrogens is 463 g/mol. The number of esters is 1. The molecule has 0 unspecified atom stereocenters. The fraction of sp³-hybridized carbons (Fsp3) is 0.143. The third-order valence-electron chi connectivity index (χ3n) is 4.43. The number of benzene rings is 2. The molecule has 2 aromatic carbocycles. The highest BCUT2D eigenvalue weighted by molar-refractivity contribution is 7.16. The number of thiazole rings is 1. The van der Waals surface area contributed by atoms with Gasteiger partial charge in [0.05, 0.1) is 32.3 Å². The molecule has 158 valence electrons. The molecule has 2 heterocycles. The SMILES string of the molecule is CCOC(=O)Cn1c(=NC(=O)c2coc3ccccc3c2=O)sc2ccc(Cl)c(Cl)c21. The molecular formula is C21H14Cl2N2O5S. The second kappa shape index (κ2) is 8.66. The summed E-state index contributed by atoms with van der Waals surface area (Å²) in [5.41, 5.74) is 0.103. The van der Waals surface area contributed by atoms with E-state index in [-0.39, 0.29) is 38.9 Å². The molecule has 0 aliphatic heterocycles. The number of hydrogen-bond donors (Lipinski definition) is 0. The van der Waals surface area contributed by atoms with Gasteiger partial charge in [-0.2, -0.15) is 4.99 Å². The van der Waals surface area contributed by atoms with Gasteiger partial charge in [-0.15, -0.1) is 0 Å². The zero-order valence-corrected chi connectivity index (χ0v) is 18.4. The molecule has 0 aliphatic carbocycles. The first-order valence-electron chi connectivity index (χ1n) is 9.13. The van der Waals surface area contributed by atoms with Crippen LogP contribution in [0.2, 0.25) is 10.0 Å². The first kappa shape index (κ1) is 21.3. The fourth-order valence-corrected chi connectivity index (χ4v) is 4.56. The van der Waals surface area contributed by atoms with Gasteiger partial charge >= 0.3 is 5.97 Å². The number of nitrogens with zero attached hydrogens (tertiary/aromatic N) is 2. The van der Waals surface area contributed by atoms with E-state index in [1.54, 1.807) is 43.3 Å². The third-order valence-corrected chi connectivity index (χ3v) is 6.27. The van der Waals surface area contributed by atoms with E-state index in [9.17, 15) is 14.4 Å². The number of carbonyl (C=O) groups excluding carboxylic acids is 2. The van der Waals surface area contributed by atoms with Crippen LogP contribution in [0.5, 0.6) is 0 Å². The van der Waals surface area contributed by atoms with E-state index in [1.807, 2.05) is 0 Å². The Bertz CT molecular complexity index is 1470. The Kier molecular flexibility index (Phi) is 5.95. The highest BCUT2D eigenvalue weighted by Gasteiger charge is 2.18. The third kappa shape index (κ3) is 4.01. The van der Waals surface area contributed by atoms with Crippen LogP contribution in [0, 0.1) is 0 Å². The number of para-hydroxylation sites is 1. The van der Waals surface area contributed by atoms with E-state index in [2.05, 4.69) is 4.99 Å². The second-order valence-corrected chi connectivity index (χ2v) is 8.17. The summed E-state index contributed by atoms with van der Waals surface area (Å²) >= 11 is 13.6. The van der Waals surface area contributed by atoms with Crippen molar-refractivity contribution < 1.29 is 18.7 Å². The van der Waals surface area contributed by atoms with Crippen molar-refractivity contribution >= 4 is 67.6 Å². The van der Waals surface area contributed by atoms with Gasteiger partial charge in [0.25, 0.3) is 5.91 Å². The van der Waals surface area contributed by atoms with Gasteiger partial charge in [-0.1, -0.05) is 46.7 Å². The zero-order valence-electron chi connectivity index (χ0n) is 16.1. The molecule has 10 heteroatoms. The van der Waals surface area contributed by atoms with Crippen molar-refractivity contribution in [3.05, 3.63) is 73.3 Å². The normalized spacial score (nSPS) is 11.9. The lowest BCUT2D eigenvalue weighted by Crippen LogP contribution is -2.24. The van der Waals surface area contributed by atoms with Crippen LogP contribution in [0.15, 0.2) is 56.9 Å². The molecule has 0 bridgehead atoms. The monoisotopic (exact) mass is 476 g/mol. The average molecular weight is 477 g/mol. The maximum absolute atomic E-state index is 12.9. The summed E-state index contributed by atoms with van der Waals surface area (Å²) in [6.07, 6.45) is 1.09. The summed E-state index contributed by atoms with van der Waals surface area (Å²) in [5, 5.41) is 0.783. The minimum atomic E-state index is -0.800. The maximum atomic E-state index is 12.9. The number of ether oxygens (including phenoxy) is 1. The summed E-state index contributed by atoms with van der Waals surface area (Å²) < 4.78 is 12.5. The largest absolute Gasteiger partial charge is 0.465 e. The van der Waals surface area contributed by atoms with Gasteiger partial charge in [0, 0.05) is 0 Å². The number of hydrogen-bond acceptors (Lipinski definition) is 6. The predicted molar refractivity (Wildman–Crippen MR) is 119 cm³/mol. The molecule has 0 radical (unpaired) electrons. The van der Waals surface area contributed by atoms with Crippen molar-refractivity contribution in [3.63, 3.8) is 0 Å². The summed E-state index contributed by atoms with van der Waals surface area (Å²) in [5.74, 6) is -1.33. The number of fused-ring (bicyclic) bond motifs is 2. The number of carbonyl (C=O) groups is 2. The van der Waals surface area contributed by atoms with Crippen LogP contribution >= 0.6 is 34.5 Å². The van der Waals surface area contributed by atoms with Gasteiger partial charge in [-0.05, 0) is 31.2 Å². The van der Waals surface area contributed by atoms with Gasteiger partial charge in [0.15, 0.2) is 4.80 Å². The van der Waals surface area contributed by atoms with Crippen molar-refractivity contribution in [2.45, 2.75) is 13.5 Å². The van der Waals surface area contributed by atoms with Crippen LogP contribution in [0.25, 0.3) is 21.2 Å². The lowest BCUT2D eigenvalue weighted by Gasteiger charge is -2.07. The molecule has 0 saturated heterocycles. The molecule has 0 saturated carbocycles. The smallest absolute Gasteiger partial charge is 0.326 e. The number of halogens is 2. The number of rotatable bonds is 4. The molecule has 2 aromatic heterocycles. The van der Waals surface area contributed by atoms with Crippen molar-refractivity contribution in [1.29, 1.82) is 0 Å². The van der Waals surface area contributed by atoms with E-state index >= 15 is 0 Å². The quantitative estimate of drug-likeness (QED) is 0.406. The maximum Gasteiger partial charge on any atom is 0.326 e. The molecule has 0 aliphatic rings. The molecule has 4 rings (SSSR count). The minimum absolute atomic E-state index is 0.171. The van der Waals surface area contributed by atoms with Crippen LogP contribution in [-0.2, 0) is 16.1 Å².